The SMILES string of the molecule is COc1ccc(-c2c(C(=O)O)nnn2CCCO)cc1OC. The van der Waals surface area contributed by atoms with Crippen LogP contribution in [0.15, 0.2) is 18.2 Å². The Morgan fingerprint density at radius 2 is 2.00 bits per heavy atom. The van der Waals surface area contributed by atoms with Gasteiger partial charge in [-0.15, -0.1) is 5.10 Å². The summed E-state index contributed by atoms with van der Waals surface area (Å²) >= 11 is 0. The van der Waals surface area contributed by atoms with E-state index in [0.29, 0.717) is 35.7 Å². The van der Waals surface area contributed by atoms with Gasteiger partial charge in [0.25, 0.3) is 0 Å². The van der Waals surface area contributed by atoms with E-state index in [1.165, 1.54) is 18.9 Å². The molecule has 0 amide bonds. The molecule has 0 radical (unpaired) electrons. The molecule has 0 saturated carbocycles. The molecule has 0 fully saturated rings. The third-order valence-corrected chi connectivity index (χ3v) is 3.12. The summed E-state index contributed by atoms with van der Waals surface area (Å²) in [4.78, 5) is 11.3. The predicted molar refractivity (Wildman–Crippen MR) is 77.2 cm³/mol. The first-order valence-electron chi connectivity index (χ1n) is 6.62. The van der Waals surface area contributed by atoms with Crippen molar-refractivity contribution in [3.8, 4) is 22.8 Å². The van der Waals surface area contributed by atoms with Gasteiger partial charge in [-0.1, -0.05) is 5.21 Å². The molecule has 2 rings (SSSR count). The fourth-order valence-electron chi connectivity index (χ4n) is 2.10. The van der Waals surface area contributed by atoms with Crippen molar-refractivity contribution < 1.29 is 24.5 Å². The van der Waals surface area contributed by atoms with Crippen LogP contribution in [0.1, 0.15) is 16.9 Å². The first-order valence-corrected chi connectivity index (χ1v) is 6.62. The highest BCUT2D eigenvalue weighted by Crippen LogP contribution is 2.33. The normalized spacial score (nSPS) is 10.5. The lowest BCUT2D eigenvalue weighted by Crippen LogP contribution is -2.06. The molecule has 0 aliphatic heterocycles. The van der Waals surface area contributed by atoms with E-state index in [-0.39, 0.29) is 12.3 Å². The van der Waals surface area contributed by atoms with E-state index < -0.39 is 5.97 Å². The van der Waals surface area contributed by atoms with Gasteiger partial charge in [0.1, 0.15) is 5.69 Å². The molecular formula is C14H17N3O5. The van der Waals surface area contributed by atoms with Gasteiger partial charge >= 0.3 is 5.97 Å². The smallest absolute Gasteiger partial charge is 0.358 e. The van der Waals surface area contributed by atoms with Crippen LogP contribution in [0.2, 0.25) is 0 Å². The average Bonchev–Trinajstić information content (AvgIpc) is 2.96. The van der Waals surface area contributed by atoms with Crippen LogP contribution in [-0.4, -0.2) is 52.0 Å². The molecule has 1 aromatic heterocycles. The van der Waals surface area contributed by atoms with E-state index in [1.54, 1.807) is 18.2 Å². The zero-order chi connectivity index (χ0) is 16.1. The molecule has 0 bridgehead atoms. The number of nitrogens with zero attached hydrogens (tertiary/aromatic N) is 3. The van der Waals surface area contributed by atoms with Crippen molar-refractivity contribution in [3.63, 3.8) is 0 Å². The largest absolute Gasteiger partial charge is 0.493 e. The Morgan fingerprint density at radius 1 is 1.27 bits per heavy atom. The van der Waals surface area contributed by atoms with E-state index in [4.69, 9.17) is 14.6 Å². The second-order valence-electron chi connectivity index (χ2n) is 4.46. The number of aromatic nitrogens is 3. The Kier molecular flexibility index (Phi) is 4.95. The van der Waals surface area contributed by atoms with E-state index in [1.807, 2.05) is 0 Å². The van der Waals surface area contributed by atoms with Crippen LogP contribution in [0.25, 0.3) is 11.3 Å². The van der Waals surface area contributed by atoms with Gasteiger partial charge in [0.15, 0.2) is 17.2 Å². The lowest BCUT2D eigenvalue weighted by atomic mass is 10.1. The zero-order valence-corrected chi connectivity index (χ0v) is 12.3. The van der Waals surface area contributed by atoms with Crippen molar-refractivity contribution in [2.24, 2.45) is 0 Å². The number of benzene rings is 1. The number of rotatable bonds is 7. The summed E-state index contributed by atoms with van der Waals surface area (Å²) in [6.45, 7) is 0.341. The van der Waals surface area contributed by atoms with Gasteiger partial charge in [-0.25, -0.2) is 9.48 Å². The highest BCUT2D eigenvalue weighted by molar-refractivity contribution is 5.92. The van der Waals surface area contributed by atoms with Crippen molar-refractivity contribution in [1.29, 1.82) is 0 Å². The molecular weight excluding hydrogens is 290 g/mol. The molecule has 118 valence electrons. The number of ether oxygens (including phenoxy) is 2. The minimum absolute atomic E-state index is 0.0202. The Bertz CT molecular complexity index is 668. The van der Waals surface area contributed by atoms with Crippen LogP contribution >= 0.6 is 0 Å². The van der Waals surface area contributed by atoms with E-state index in [2.05, 4.69) is 10.3 Å². The molecule has 8 nitrogen and oxygen atoms in total. The fourth-order valence-corrected chi connectivity index (χ4v) is 2.10. The quantitative estimate of drug-likeness (QED) is 0.787. The number of aliphatic hydroxyl groups excluding tert-OH is 1. The first kappa shape index (κ1) is 15.8. The third-order valence-electron chi connectivity index (χ3n) is 3.12. The molecule has 0 saturated heterocycles. The summed E-state index contributed by atoms with van der Waals surface area (Å²) in [7, 11) is 3.02. The van der Waals surface area contributed by atoms with Crippen molar-refractivity contribution in [2.75, 3.05) is 20.8 Å². The second-order valence-corrected chi connectivity index (χ2v) is 4.46. The second kappa shape index (κ2) is 6.90. The molecule has 0 atom stereocenters. The first-order chi connectivity index (χ1) is 10.6. The van der Waals surface area contributed by atoms with Gasteiger partial charge in [0.2, 0.25) is 0 Å². The number of carbonyl (C=O) groups is 1. The van der Waals surface area contributed by atoms with Crippen molar-refractivity contribution in [2.45, 2.75) is 13.0 Å². The van der Waals surface area contributed by atoms with Crippen LogP contribution < -0.4 is 9.47 Å². The van der Waals surface area contributed by atoms with E-state index >= 15 is 0 Å². The van der Waals surface area contributed by atoms with E-state index in [0.717, 1.165) is 0 Å². The molecule has 0 aliphatic rings. The number of aliphatic hydroxyl groups is 1. The minimum Gasteiger partial charge on any atom is -0.493 e. The van der Waals surface area contributed by atoms with Gasteiger partial charge in [0, 0.05) is 18.7 Å². The number of carboxylic acids is 1. The highest BCUT2D eigenvalue weighted by Gasteiger charge is 2.21. The Labute approximate surface area is 126 Å². The van der Waals surface area contributed by atoms with Crippen molar-refractivity contribution >= 4 is 5.97 Å². The maximum Gasteiger partial charge on any atom is 0.358 e. The molecule has 0 spiro atoms. The van der Waals surface area contributed by atoms with Crippen LogP contribution in [0.5, 0.6) is 11.5 Å². The predicted octanol–water partition coefficient (Wildman–Crippen LogP) is 1.04. The van der Waals surface area contributed by atoms with Gasteiger partial charge in [-0.2, -0.15) is 0 Å². The molecule has 1 aromatic carbocycles. The van der Waals surface area contributed by atoms with Crippen LogP contribution in [-0.2, 0) is 6.54 Å². The molecule has 8 heteroatoms. The maximum absolute atomic E-state index is 11.3. The molecule has 1 heterocycles. The Hall–Kier alpha value is -2.61. The summed E-state index contributed by atoms with van der Waals surface area (Å²) < 4.78 is 11.9. The molecule has 2 N–H and O–H groups in total. The fraction of sp³-hybridized carbons (Fsp3) is 0.357. The molecule has 22 heavy (non-hydrogen) atoms. The summed E-state index contributed by atoms with van der Waals surface area (Å²) in [6, 6.07) is 5.06. The maximum atomic E-state index is 11.3. The number of methoxy groups -OCH3 is 2. The lowest BCUT2D eigenvalue weighted by Gasteiger charge is -2.11. The monoisotopic (exact) mass is 307 g/mol. The topological polar surface area (TPSA) is 107 Å². The number of carboxylic acid groups (broad SMARTS) is 1. The van der Waals surface area contributed by atoms with E-state index in [9.17, 15) is 9.90 Å². The summed E-state index contributed by atoms with van der Waals surface area (Å²) in [5, 5.41) is 25.8. The van der Waals surface area contributed by atoms with Crippen molar-refractivity contribution in [1.82, 2.24) is 15.0 Å². The van der Waals surface area contributed by atoms with Gasteiger partial charge in [-0.3, -0.25) is 0 Å². The minimum atomic E-state index is -1.17. The van der Waals surface area contributed by atoms with Crippen molar-refractivity contribution in [3.05, 3.63) is 23.9 Å². The van der Waals surface area contributed by atoms with Crippen LogP contribution in [0.3, 0.4) is 0 Å². The zero-order valence-electron chi connectivity index (χ0n) is 12.3. The summed E-state index contributed by atoms with van der Waals surface area (Å²) in [6.07, 6.45) is 0.447. The van der Waals surface area contributed by atoms with Crippen LogP contribution in [0.4, 0.5) is 0 Å². The number of hydrogen-bond donors (Lipinski definition) is 2. The summed E-state index contributed by atoms with van der Waals surface area (Å²) in [5.74, 6) is -0.149. The van der Waals surface area contributed by atoms with Gasteiger partial charge < -0.3 is 19.7 Å². The average molecular weight is 307 g/mol. The number of hydrogen-bond acceptors (Lipinski definition) is 6. The molecule has 0 aliphatic carbocycles. The molecule has 0 unspecified atom stereocenters. The van der Waals surface area contributed by atoms with Gasteiger partial charge in [0.05, 0.1) is 14.2 Å². The number of aryl methyl sites for hydroxylation is 1. The van der Waals surface area contributed by atoms with Crippen LogP contribution in [0, 0.1) is 0 Å². The third kappa shape index (κ3) is 3.01. The molecule has 2 aromatic rings. The standard InChI is InChI=1S/C14H17N3O5/c1-21-10-5-4-9(8-11(10)22-2)13-12(14(19)20)15-16-17(13)6-3-7-18/h4-5,8,18H,3,6-7H2,1-2H3,(H,19,20). The Morgan fingerprint density at radius 3 is 2.59 bits per heavy atom. The summed E-state index contributed by atoms with van der Waals surface area (Å²) in [5.41, 5.74) is 0.810. The lowest BCUT2D eigenvalue weighted by molar-refractivity contribution is 0.0691. The van der Waals surface area contributed by atoms with Gasteiger partial charge in [-0.05, 0) is 24.6 Å². The highest BCUT2D eigenvalue weighted by atomic mass is 16.5. The Balaban J connectivity index is 2.54. The number of aromatic carboxylic acids is 1.